The summed E-state index contributed by atoms with van der Waals surface area (Å²) in [6.07, 6.45) is 4.26. The number of anilines is 3. The Hall–Kier alpha value is -2.91. The second-order valence-electron chi connectivity index (χ2n) is 6.90. The van der Waals surface area contributed by atoms with Crippen LogP contribution in [0.3, 0.4) is 0 Å². The molecule has 0 radical (unpaired) electrons. The Balaban J connectivity index is 1.58. The zero-order valence-corrected chi connectivity index (χ0v) is 18.2. The molecule has 1 aliphatic rings. The molecule has 1 amide bonds. The molecule has 0 saturated carbocycles. The summed E-state index contributed by atoms with van der Waals surface area (Å²) >= 11 is 7.58. The van der Waals surface area contributed by atoms with E-state index in [1.165, 1.54) is 13.3 Å². The zero-order valence-electron chi connectivity index (χ0n) is 16.6. The number of nitrogens with zero attached hydrogens (tertiary/aromatic N) is 4. The molecule has 10 heteroatoms. The van der Waals surface area contributed by atoms with E-state index in [2.05, 4.69) is 31.7 Å². The summed E-state index contributed by atoms with van der Waals surface area (Å²) in [6, 6.07) is 6.12. The average molecular weight is 445 g/mol. The lowest BCUT2D eigenvalue weighted by Crippen LogP contribution is -2.32. The molecule has 2 aromatic heterocycles. The van der Waals surface area contributed by atoms with Gasteiger partial charge in [-0.3, -0.25) is 4.79 Å². The van der Waals surface area contributed by atoms with Crippen LogP contribution in [-0.4, -0.2) is 47.6 Å². The second kappa shape index (κ2) is 8.85. The molecule has 0 spiro atoms. The minimum absolute atomic E-state index is 0.0321. The van der Waals surface area contributed by atoms with Gasteiger partial charge in [-0.1, -0.05) is 29.0 Å². The summed E-state index contributed by atoms with van der Waals surface area (Å²) in [7, 11) is 1.51. The Morgan fingerprint density at radius 2 is 2.13 bits per heavy atom. The van der Waals surface area contributed by atoms with E-state index in [-0.39, 0.29) is 5.91 Å². The third kappa shape index (κ3) is 4.63. The van der Waals surface area contributed by atoms with Crippen molar-refractivity contribution in [2.75, 3.05) is 37.0 Å². The van der Waals surface area contributed by atoms with Crippen LogP contribution in [0.5, 0.6) is 5.88 Å². The SMILES string of the molecule is COc1nc(Nc2cc(C)cc(-c3cnc(N4CCCNC(=O)C4)s3)c2)ncc1Cl. The van der Waals surface area contributed by atoms with Gasteiger partial charge in [0.15, 0.2) is 5.13 Å². The van der Waals surface area contributed by atoms with E-state index in [0.717, 1.165) is 39.8 Å². The monoisotopic (exact) mass is 444 g/mol. The van der Waals surface area contributed by atoms with Crippen molar-refractivity contribution in [3.05, 3.63) is 41.2 Å². The number of benzene rings is 1. The van der Waals surface area contributed by atoms with Gasteiger partial charge >= 0.3 is 0 Å². The van der Waals surface area contributed by atoms with E-state index in [1.54, 1.807) is 11.3 Å². The molecule has 1 saturated heterocycles. The molecule has 0 atom stereocenters. The van der Waals surface area contributed by atoms with Crippen molar-refractivity contribution in [1.29, 1.82) is 0 Å². The van der Waals surface area contributed by atoms with E-state index in [4.69, 9.17) is 16.3 Å². The lowest BCUT2D eigenvalue weighted by Gasteiger charge is -2.17. The number of hydrogen-bond donors (Lipinski definition) is 2. The van der Waals surface area contributed by atoms with Gasteiger partial charge in [0.1, 0.15) is 5.02 Å². The molecule has 1 fully saturated rings. The first-order valence-electron chi connectivity index (χ1n) is 9.45. The van der Waals surface area contributed by atoms with E-state index in [1.807, 2.05) is 30.2 Å². The molecule has 156 valence electrons. The van der Waals surface area contributed by atoms with Gasteiger partial charge in [0.25, 0.3) is 0 Å². The van der Waals surface area contributed by atoms with Gasteiger partial charge in [0, 0.05) is 25.0 Å². The lowest BCUT2D eigenvalue weighted by molar-refractivity contribution is -0.119. The molecule has 8 nitrogen and oxygen atoms in total. The maximum Gasteiger partial charge on any atom is 0.239 e. The van der Waals surface area contributed by atoms with E-state index in [9.17, 15) is 4.79 Å². The standard InChI is InChI=1S/C20H21ClN6O2S/c1-12-6-13(8-14(7-12)25-19-23-9-15(21)18(26-19)29-2)16-10-24-20(30-16)27-5-3-4-22-17(28)11-27/h6-10H,3-5,11H2,1-2H3,(H,22,28)(H,23,25,26). The predicted octanol–water partition coefficient (Wildman–Crippen LogP) is 3.64. The summed E-state index contributed by atoms with van der Waals surface area (Å²) in [5, 5.41) is 7.30. The maximum atomic E-state index is 11.9. The van der Waals surface area contributed by atoms with Crippen molar-refractivity contribution in [3.8, 4) is 16.3 Å². The summed E-state index contributed by atoms with van der Waals surface area (Å²) in [5.41, 5.74) is 2.96. The molecule has 3 aromatic rings. The lowest BCUT2D eigenvalue weighted by atomic mass is 10.1. The zero-order chi connectivity index (χ0) is 21.1. The third-order valence-electron chi connectivity index (χ3n) is 4.55. The molecule has 1 aromatic carbocycles. The Labute approximate surface area is 183 Å². The molecule has 0 aliphatic carbocycles. The third-order valence-corrected chi connectivity index (χ3v) is 5.92. The number of halogens is 1. The number of thiazole rings is 1. The van der Waals surface area contributed by atoms with E-state index >= 15 is 0 Å². The first kappa shape index (κ1) is 20.4. The number of ether oxygens (including phenoxy) is 1. The quantitative estimate of drug-likeness (QED) is 0.620. The number of nitrogens with one attached hydrogen (secondary N) is 2. The van der Waals surface area contributed by atoms with Crippen LogP contribution < -0.4 is 20.3 Å². The normalized spacial score (nSPS) is 14.2. The molecular formula is C20H21ClN6O2S. The minimum Gasteiger partial charge on any atom is -0.480 e. The van der Waals surface area contributed by atoms with Crippen molar-refractivity contribution >= 4 is 45.6 Å². The summed E-state index contributed by atoms with van der Waals surface area (Å²) in [6.45, 7) is 3.88. The van der Waals surface area contributed by atoms with Gasteiger partial charge < -0.3 is 20.3 Å². The van der Waals surface area contributed by atoms with Crippen LogP contribution in [0.25, 0.3) is 10.4 Å². The number of carbonyl (C=O) groups excluding carboxylic acids is 1. The highest BCUT2D eigenvalue weighted by Crippen LogP contribution is 2.34. The Bertz CT molecular complexity index is 1070. The van der Waals surface area contributed by atoms with Crippen molar-refractivity contribution in [1.82, 2.24) is 20.3 Å². The van der Waals surface area contributed by atoms with Gasteiger partial charge in [-0.05, 0) is 36.6 Å². The average Bonchev–Trinajstić information content (AvgIpc) is 3.12. The highest BCUT2D eigenvalue weighted by Gasteiger charge is 2.18. The number of amides is 1. The number of carbonyl (C=O) groups is 1. The van der Waals surface area contributed by atoms with Gasteiger partial charge in [-0.2, -0.15) is 4.98 Å². The number of hydrogen-bond acceptors (Lipinski definition) is 8. The smallest absolute Gasteiger partial charge is 0.239 e. The Morgan fingerprint density at radius 3 is 2.97 bits per heavy atom. The van der Waals surface area contributed by atoms with Gasteiger partial charge in [0.2, 0.25) is 17.7 Å². The van der Waals surface area contributed by atoms with Crippen molar-refractivity contribution in [2.45, 2.75) is 13.3 Å². The number of methoxy groups -OCH3 is 1. The fourth-order valence-electron chi connectivity index (χ4n) is 3.20. The molecule has 30 heavy (non-hydrogen) atoms. The summed E-state index contributed by atoms with van der Waals surface area (Å²) in [5.74, 6) is 0.744. The van der Waals surface area contributed by atoms with Crippen LogP contribution in [0.1, 0.15) is 12.0 Å². The Kier molecular flexibility index (Phi) is 6.01. The van der Waals surface area contributed by atoms with E-state index in [0.29, 0.717) is 29.9 Å². The van der Waals surface area contributed by atoms with Crippen LogP contribution in [0, 0.1) is 6.92 Å². The van der Waals surface area contributed by atoms with Crippen LogP contribution in [0.15, 0.2) is 30.6 Å². The molecular weight excluding hydrogens is 424 g/mol. The number of aromatic nitrogens is 3. The Morgan fingerprint density at radius 1 is 1.27 bits per heavy atom. The molecule has 1 aliphatic heterocycles. The minimum atomic E-state index is 0.0321. The van der Waals surface area contributed by atoms with Crippen LogP contribution in [0.2, 0.25) is 5.02 Å². The molecule has 2 N–H and O–H groups in total. The first-order valence-corrected chi connectivity index (χ1v) is 10.6. The maximum absolute atomic E-state index is 11.9. The van der Waals surface area contributed by atoms with Gasteiger partial charge in [-0.15, -0.1) is 0 Å². The van der Waals surface area contributed by atoms with Gasteiger partial charge in [-0.25, -0.2) is 9.97 Å². The molecule has 0 unspecified atom stereocenters. The molecule has 0 bridgehead atoms. The van der Waals surface area contributed by atoms with Crippen molar-refractivity contribution in [2.24, 2.45) is 0 Å². The number of aryl methyl sites for hydroxylation is 1. The highest BCUT2D eigenvalue weighted by atomic mass is 35.5. The van der Waals surface area contributed by atoms with Crippen LogP contribution >= 0.6 is 22.9 Å². The summed E-state index contributed by atoms with van der Waals surface area (Å²) < 4.78 is 5.15. The highest BCUT2D eigenvalue weighted by molar-refractivity contribution is 7.18. The second-order valence-corrected chi connectivity index (χ2v) is 8.31. The summed E-state index contributed by atoms with van der Waals surface area (Å²) in [4.78, 5) is 27.9. The fraction of sp³-hybridized carbons (Fsp3) is 0.300. The van der Waals surface area contributed by atoms with Crippen LogP contribution in [-0.2, 0) is 4.79 Å². The van der Waals surface area contributed by atoms with E-state index < -0.39 is 0 Å². The molecule has 3 heterocycles. The van der Waals surface area contributed by atoms with Crippen molar-refractivity contribution in [3.63, 3.8) is 0 Å². The first-order chi connectivity index (χ1) is 14.5. The predicted molar refractivity (Wildman–Crippen MR) is 119 cm³/mol. The van der Waals surface area contributed by atoms with Crippen LogP contribution in [0.4, 0.5) is 16.8 Å². The largest absolute Gasteiger partial charge is 0.480 e. The molecule has 4 rings (SSSR count). The van der Waals surface area contributed by atoms with Gasteiger partial charge in [0.05, 0.1) is 24.7 Å². The topological polar surface area (TPSA) is 92.3 Å². The van der Waals surface area contributed by atoms with Crippen molar-refractivity contribution < 1.29 is 9.53 Å². The number of rotatable bonds is 5. The fourth-order valence-corrected chi connectivity index (χ4v) is 4.29.